The Bertz CT molecular complexity index is 1250. The number of sulfonamides is 1. The van der Waals surface area contributed by atoms with E-state index in [1.165, 1.54) is 18.2 Å². The normalized spacial score (nSPS) is 14.4. The van der Waals surface area contributed by atoms with Gasteiger partial charge in [0.25, 0.3) is 0 Å². The molecule has 12 nitrogen and oxygen atoms in total. The molecule has 0 aliphatic carbocycles. The fraction of sp³-hybridized carbons (Fsp3) is 0.462. The van der Waals surface area contributed by atoms with Crippen LogP contribution in [0.1, 0.15) is 33.3 Å². The quantitative estimate of drug-likeness (QED) is 0.303. The Labute approximate surface area is 227 Å². The van der Waals surface area contributed by atoms with E-state index in [1.807, 2.05) is 13.8 Å². The Morgan fingerprint density at radius 2 is 1.67 bits per heavy atom. The van der Waals surface area contributed by atoms with E-state index in [0.29, 0.717) is 17.1 Å². The lowest BCUT2D eigenvalue weighted by atomic mass is 10.0. The summed E-state index contributed by atoms with van der Waals surface area (Å²) in [6.45, 7) is 7.02. The first kappa shape index (κ1) is 30.0. The molecule has 1 aliphatic rings. The van der Waals surface area contributed by atoms with Gasteiger partial charge in [-0.25, -0.2) is 18.0 Å². The minimum absolute atomic E-state index is 0.00591. The van der Waals surface area contributed by atoms with Crippen LogP contribution in [0.3, 0.4) is 0 Å². The second-order valence-electron chi connectivity index (χ2n) is 9.89. The average molecular weight is 566 g/mol. The lowest BCUT2D eigenvalue weighted by molar-refractivity contribution is 0.0980. The first-order chi connectivity index (χ1) is 18.3. The van der Waals surface area contributed by atoms with Crippen LogP contribution in [0, 0.1) is 5.92 Å². The molecule has 2 aromatic carbocycles. The first-order valence-corrected chi connectivity index (χ1v) is 13.9. The van der Waals surface area contributed by atoms with E-state index in [0.717, 1.165) is 4.31 Å². The summed E-state index contributed by atoms with van der Waals surface area (Å²) in [6, 6.07) is 9.53. The minimum atomic E-state index is -4.07. The molecule has 2 atom stereocenters. The van der Waals surface area contributed by atoms with Crippen molar-refractivity contribution in [1.82, 2.24) is 14.9 Å². The number of ether oxygens (including phenoxy) is 3. The van der Waals surface area contributed by atoms with Crippen LogP contribution < -0.4 is 24.8 Å². The van der Waals surface area contributed by atoms with Gasteiger partial charge in [-0.2, -0.15) is 4.31 Å². The Morgan fingerprint density at radius 3 is 2.28 bits per heavy atom. The summed E-state index contributed by atoms with van der Waals surface area (Å²) in [7, 11) is -4.07. The molecule has 0 saturated carbocycles. The average Bonchev–Trinajstić information content (AvgIpc) is 3.31. The van der Waals surface area contributed by atoms with Gasteiger partial charge in [-0.3, -0.25) is 0 Å². The molecule has 0 spiro atoms. The Balaban J connectivity index is 1.77. The summed E-state index contributed by atoms with van der Waals surface area (Å²) < 4.78 is 44.0. The maximum absolute atomic E-state index is 13.5. The van der Waals surface area contributed by atoms with Crippen molar-refractivity contribution in [2.24, 2.45) is 5.92 Å². The number of nitrogens with zero attached hydrogens (tertiary/aromatic N) is 1. The Hall–Kier alpha value is -3.55. The van der Waals surface area contributed by atoms with Gasteiger partial charge < -0.3 is 35.1 Å². The number of aliphatic hydroxyl groups excluding tert-OH is 1. The summed E-state index contributed by atoms with van der Waals surface area (Å²) in [5, 5.41) is 25.4. The Morgan fingerprint density at radius 1 is 1.00 bits per heavy atom. The van der Waals surface area contributed by atoms with Gasteiger partial charge in [0.15, 0.2) is 11.5 Å². The summed E-state index contributed by atoms with van der Waals surface area (Å²) in [6.07, 6.45) is -3.28. The van der Waals surface area contributed by atoms with Gasteiger partial charge in [0.1, 0.15) is 5.75 Å². The van der Waals surface area contributed by atoms with E-state index in [-0.39, 0.29) is 48.9 Å². The van der Waals surface area contributed by atoms with Crippen LogP contribution in [0.2, 0.25) is 0 Å². The second-order valence-corrected chi connectivity index (χ2v) is 11.8. The van der Waals surface area contributed by atoms with E-state index in [9.17, 15) is 28.2 Å². The molecule has 0 saturated heterocycles. The maximum atomic E-state index is 13.5. The van der Waals surface area contributed by atoms with Gasteiger partial charge >= 0.3 is 12.2 Å². The predicted molar refractivity (Wildman–Crippen MR) is 142 cm³/mol. The number of rotatable bonds is 12. The number of carboxylic acid groups (broad SMARTS) is 1. The molecule has 214 valence electrons. The summed E-state index contributed by atoms with van der Waals surface area (Å²) in [4.78, 5) is 23.3. The van der Waals surface area contributed by atoms with Crippen LogP contribution in [-0.2, 0) is 16.4 Å². The lowest BCUT2D eigenvalue weighted by Gasteiger charge is -2.30. The zero-order chi connectivity index (χ0) is 28.7. The van der Waals surface area contributed by atoms with E-state index in [2.05, 4.69) is 10.6 Å². The van der Waals surface area contributed by atoms with Crippen molar-refractivity contribution >= 4 is 22.2 Å². The van der Waals surface area contributed by atoms with Crippen molar-refractivity contribution < 1.29 is 42.4 Å². The van der Waals surface area contributed by atoms with Crippen molar-refractivity contribution in [3.05, 3.63) is 48.0 Å². The van der Waals surface area contributed by atoms with Gasteiger partial charge in [-0.1, -0.05) is 26.0 Å². The molecule has 0 fully saturated rings. The molecule has 0 aromatic heterocycles. The van der Waals surface area contributed by atoms with Crippen molar-refractivity contribution in [2.75, 3.05) is 19.9 Å². The third-order valence-corrected chi connectivity index (χ3v) is 7.54. The van der Waals surface area contributed by atoms with Crippen LogP contribution in [0.4, 0.5) is 9.59 Å². The van der Waals surface area contributed by atoms with Crippen molar-refractivity contribution in [1.29, 1.82) is 0 Å². The molecule has 4 N–H and O–H groups in total. The molecule has 0 bridgehead atoms. The number of benzene rings is 2. The fourth-order valence-corrected chi connectivity index (χ4v) is 5.60. The number of carbonyl (C=O) groups is 2. The smallest absolute Gasteiger partial charge is 0.412 e. The number of aliphatic hydroxyl groups is 1. The summed E-state index contributed by atoms with van der Waals surface area (Å²) >= 11 is 0. The number of fused-ring (bicyclic) bond motifs is 1. The van der Waals surface area contributed by atoms with Gasteiger partial charge in [0.05, 0.1) is 17.0 Å². The van der Waals surface area contributed by atoms with Crippen LogP contribution in [0.5, 0.6) is 17.2 Å². The topological polar surface area (TPSA) is 164 Å². The molecule has 0 radical (unpaired) electrons. The maximum Gasteiger partial charge on any atom is 0.412 e. The highest BCUT2D eigenvalue weighted by Crippen LogP contribution is 2.35. The molecule has 39 heavy (non-hydrogen) atoms. The van der Waals surface area contributed by atoms with E-state index < -0.39 is 34.4 Å². The molecular formula is C26H35N3O9S. The lowest BCUT2D eigenvalue weighted by Crippen LogP contribution is -2.50. The predicted octanol–water partition coefficient (Wildman–Crippen LogP) is 2.80. The third kappa shape index (κ3) is 8.47. The summed E-state index contributed by atoms with van der Waals surface area (Å²) in [5.74, 6) is 0.957. The molecule has 13 heteroatoms. The molecule has 2 aromatic rings. The van der Waals surface area contributed by atoms with Gasteiger partial charge in [-0.05, 0) is 56.0 Å². The van der Waals surface area contributed by atoms with Gasteiger partial charge in [0, 0.05) is 25.2 Å². The highest BCUT2D eigenvalue weighted by molar-refractivity contribution is 7.89. The standard InChI is InChI=1S/C26H35N3O9S/c1-16(2)13-29(39(34,35)20-9-10-23-24(12-20)37-15-36-23)14-22(30)21(28-25(31)32)11-18-5-7-19(8-6-18)38-26(33)27-17(3)4/h5-10,12,16-17,21-22,28,30H,11,13-15H2,1-4H3,(H,27,33)(H,31,32)/t21-,22+/m0/s1. The second kappa shape index (κ2) is 13.0. The third-order valence-electron chi connectivity index (χ3n) is 5.71. The first-order valence-electron chi connectivity index (χ1n) is 12.5. The number of carbonyl (C=O) groups excluding carboxylic acids is 1. The number of hydrogen-bond acceptors (Lipinski definition) is 8. The van der Waals surface area contributed by atoms with Gasteiger partial charge in [-0.15, -0.1) is 0 Å². The monoisotopic (exact) mass is 565 g/mol. The molecule has 3 rings (SSSR count). The SMILES string of the molecule is CC(C)CN(C[C@@H](O)[C@H](Cc1ccc(OC(=O)NC(C)C)cc1)NC(=O)O)S(=O)(=O)c1ccc2c(c1)OCO2. The largest absolute Gasteiger partial charge is 0.465 e. The highest BCUT2D eigenvalue weighted by atomic mass is 32.2. The zero-order valence-corrected chi connectivity index (χ0v) is 23.1. The molecule has 1 heterocycles. The fourth-order valence-electron chi connectivity index (χ4n) is 3.96. The molecular weight excluding hydrogens is 530 g/mol. The van der Waals surface area contributed by atoms with Crippen LogP contribution in [0.25, 0.3) is 0 Å². The zero-order valence-electron chi connectivity index (χ0n) is 22.3. The van der Waals surface area contributed by atoms with Crippen molar-refractivity contribution in [3.8, 4) is 17.2 Å². The van der Waals surface area contributed by atoms with E-state index in [4.69, 9.17) is 14.2 Å². The van der Waals surface area contributed by atoms with Crippen LogP contribution >= 0.6 is 0 Å². The highest BCUT2D eigenvalue weighted by Gasteiger charge is 2.32. The Kier molecular flexibility index (Phi) is 10.0. The van der Waals surface area contributed by atoms with Crippen molar-refractivity contribution in [2.45, 2.75) is 57.2 Å². The minimum Gasteiger partial charge on any atom is -0.465 e. The van der Waals surface area contributed by atoms with Crippen molar-refractivity contribution in [3.63, 3.8) is 0 Å². The molecule has 0 unspecified atom stereocenters. The van der Waals surface area contributed by atoms with E-state index in [1.54, 1.807) is 38.1 Å². The number of amides is 2. The number of nitrogens with one attached hydrogen (secondary N) is 2. The molecule has 1 aliphatic heterocycles. The summed E-state index contributed by atoms with van der Waals surface area (Å²) in [5.41, 5.74) is 0.637. The number of hydrogen-bond donors (Lipinski definition) is 4. The van der Waals surface area contributed by atoms with Crippen LogP contribution in [0.15, 0.2) is 47.4 Å². The van der Waals surface area contributed by atoms with E-state index >= 15 is 0 Å². The van der Waals surface area contributed by atoms with Gasteiger partial charge in [0.2, 0.25) is 16.8 Å². The van der Waals surface area contributed by atoms with Crippen LogP contribution in [-0.4, -0.2) is 73.2 Å². The molecule has 2 amide bonds.